The number of esters is 1. The van der Waals surface area contributed by atoms with E-state index in [1.165, 1.54) is 0 Å². The van der Waals surface area contributed by atoms with Gasteiger partial charge in [-0.05, 0) is 37.1 Å². The van der Waals surface area contributed by atoms with Gasteiger partial charge in [0, 0.05) is 5.56 Å². The summed E-state index contributed by atoms with van der Waals surface area (Å²) in [5, 5.41) is 4.34. The highest BCUT2D eigenvalue weighted by atomic mass is 16.5. The highest BCUT2D eigenvalue weighted by Gasteiger charge is 2.26. The SMILES string of the molecule is CCOc1ccc(C(=O)N[C@H](C(=O)OCC(=O)NC(N)=O)C(C)C)cc1. The fourth-order valence-corrected chi connectivity index (χ4v) is 1.99. The minimum atomic E-state index is -1.05. The number of primary amides is 1. The summed E-state index contributed by atoms with van der Waals surface area (Å²) >= 11 is 0. The topological polar surface area (TPSA) is 137 Å². The van der Waals surface area contributed by atoms with Crippen molar-refractivity contribution in [3.63, 3.8) is 0 Å². The molecule has 0 bridgehead atoms. The summed E-state index contributed by atoms with van der Waals surface area (Å²) in [7, 11) is 0. The smallest absolute Gasteiger partial charge is 0.329 e. The number of hydrogen-bond donors (Lipinski definition) is 3. The highest BCUT2D eigenvalue weighted by Crippen LogP contribution is 2.13. The van der Waals surface area contributed by atoms with Crippen LogP contribution in [0.4, 0.5) is 4.79 Å². The second kappa shape index (κ2) is 10.0. The number of carbonyl (C=O) groups excluding carboxylic acids is 4. The lowest BCUT2D eigenvalue weighted by Crippen LogP contribution is -2.46. The van der Waals surface area contributed by atoms with Gasteiger partial charge in [-0.25, -0.2) is 9.59 Å². The van der Waals surface area contributed by atoms with Crippen LogP contribution < -0.4 is 21.1 Å². The van der Waals surface area contributed by atoms with E-state index in [1.54, 1.807) is 43.4 Å². The van der Waals surface area contributed by atoms with Crippen molar-refractivity contribution in [3.8, 4) is 5.75 Å². The number of amides is 4. The van der Waals surface area contributed by atoms with E-state index >= 15 is 0 Å². The van der Waals surface area contributed by atoms with Gasteiger partial charge in [-0.3, -0.25) is 14.9 Å². The second-order valence-corrected chi connectivity index (χ2v) is 5.67. The first-order valence-electron chi connectivity index (χ1n) is 8.04. The normalized spacial score (nSPS) is 11.4. The van der Waals surface area contributed by atoms with Crippen LogP contribution in [0.15, 0.2) is 24.3 Å². The molecule has 4 amide bonds. The first-order valence-corrected chi connectivity index (χ1v) is 8.04. The lowest BCUT2D eigenvalue weighted by Gasteiger charge is -2.20. The first-order chi connectivity index (χ1) is 12.2. The lowest BCUT2D eigenvalue weighted by atomic mass is 10.0. The maximum atomic E-state index is 12.3. The Morgan fingerprint density at radius 1 is 1.12 bits per heavy atom. The lowest BCUT2D eigenvalue weighted by molar-refractivity contribution is -0.151. The zero-order valence-electron chi connectivity index (χ0n) is 14.9. The number of nitrogens with two attached hydrogens (primary N) is 1. The monoisotopic (exact) mass is 365 g/mol. The van der Waals surface area contributed by atoms with Crippen LogP contribution in [0.5, 0.6) is 5.75 Å². The molecule has 0 radical (unpaired) electrons. The van der Waals surface area contributed by atoms with E-state index in [0.29, 0.717) is 17.9 Å². The van der Waals surface area contributed by atoms with Gasteiger partial charge >= 0.3 is 12.0 Å². The minimum Gasteiger partial charge on any atom is -0.494 e. The fourth-order valence-electron chi connectivity index (χ4n) is 1.99. The van der Waals surface area contributed by atoms with Crippen LogP contribution >= 0.6 is 0 Å². The molecular weight excluding hydrogens is 342 g/mol. The Balaban J connectivity index is 2.68. The van der Waals surface area contributed by atoms with Crippen molar-refractivity contribution in [1.82, 2.24) is 10.6 Å². The molecule has 0 spiro atoms. The van der Waals surface area contributed by atoms with Crippen LogP contribution in [0.3, 0.4) is 0 Å². The van der Waals surface area contributed by atoms with Gasteiger partial charge < -0.3 is 20.5 Å². The Morgan fingerprint density at radius 2 is 1.73 bits per heavy atom. The summed E-state index contributed by atoms with van der Waals surface area (Å²) in [6.45, 7) is 5.12. The van der Waals surface area contributed by atoms with E-state index < -0.39 is 36.5 Å². The van der Waals surface area contributed by atoms with E-state index in [9.17, 15) is 19.2 Å². The fraction of sp³-hybridized carbons (Fsp3) is 0.412. The molecule has 0 aliphatic carbocycles. The van der Waals surface area contributed by atoms with Gasteiger partial charge in [0.15, 0.2) is 6.61 Å². The average molecular weight is 365 g/mol. The molecule has 0 heterocycles. The predicted octanol–water partition coefficient (Wildman–Crippen LogP) is 0.578. The summed E-state index contributed by atoms with van der Waals surface area (Å²) in [6.07, 6.45) is 0. The molecule has 0 aliphatic rings. The minimum absolute atomic E-state index is 0.284. The standard InChI is InChI=1S/C17H23N3O6/c1-4-25-12-7-5-11(6-8-12)15(22)20-14(10(2)3)16(23)26-9-13(21)19-17(18)24/h5-8,10,14H,4,9H2,1-3H3,(H,20,22)(H3,18,19,21,24)/t14-/m0/s1. The molecule has 0 aromatic heterocycles. The molecule has 0 saturated heterocycles. The van der Waals surface area contributed by atoms with E-state index in [2.05, 4.69) is 5.32 Å². The maximum Gasteiger partial charge on any atom is 0.329 e. The zero-order valence-corrected chi connectivity index (χ0v) is 14.9. The number of imide groups is 1. The second-order valence-electron chi connectivity index (χ2n) is 5.67. The van der Waals surface area contributed by atoms with Crippen molar-refractivity contribution in [2.75, 3.05) is 13.2 Å². The van der Waals surface area contributed by atoms with E-state index in [1.807, 2.05) is 6.92 Å². The third-order valence-electron chi connectivity index (χ3n) is 3.24. The Hall–Kier alpha value is -3.10. The van der Waals surface area contributed by atoms with Gasteiger partial charge in [-0.2, -0.15) is 0 Å². The van der Waals surface area contributed by atoms with Crippen LogP contribution in [0.25, 0.3) is 0 Å². The first kappa shape index (κ1) is 20.9. The largest absolute Gasteiger partial charge is 0.494 e. The molecule has 0 aliphatic heterocycles. The number of benzene rings is 1. The third kappa shape index (κ3) is 6.80. The quantitative estimate of drug-likeness (QED) is 0.576. The number of ether oxygens (including phenoxy) is 2. The molecular formula is C17H23N3O6. The van der Waals surface area contributed by atoms with Crippen molar-refractivity contribution >= 4 is 23.8 Å². The Bertz CT molecular complexity index is 657. The molecule has 4 N–H and O–H groups in total. The number of hydrogen-bond acceptors (Lipinski definition) is 6. The van der Waals surface area contributed by atoms with Gasteiger partial charge in [0.2, 0.25) is 0 Å². The molecule has 142 valence electrons. The van der Waals surface area contributed by atoms with Crippen molar-refractivity contribution in [1.29, 1.82) is 0 Å². The van der Waals surface area contributed by atoms with Gasteiger partial charge in [-0.1, -0.05) is 13.8 Å². The number of carbonyl (C=O) groups is 4. The maximum absolute atomic E-state index is 12.3. The number of urea groups is 1. The Labute approximate surface area is 151 Å². The van der Waals surface area contributed by atoms with Crippen molar-refractivity contribution in [2.24, 2.45) is 11.7 Å². The van der Waals surface area contributed by atoms with Crippen molar-refractivity contribution in [2.45, 2.75) is 26.8 Å². The van der Waals surface area contributed by atoms with E-state index in [0.717, 1.165) is 0 Å². The number of rotatable bonds is 8. The van der Waals surface area contributed by atoms with E-state index in [-0.39, 0.29) is 5.92 Å². The zero-order chi connectivity index (χ0) is 19.7. The third-order valence-corrected chi connectivity index (χ3v) is 3.24. The van der Waals surface area contributed by atoms with Crippen molar-refractivity contribution in [3.05, 3.63) is 29.8 Å². The average Bonchev–Trinajstić information content (AvgIpc) is 2.57. The molecule has 0 unspecified atom stereocenters. The summed E-state index contributed by atoms with van der Waals surface area (Å²) in [5.41, 5.74) is 5.14. The van der Waals surface area contributed by atoms with Gasteiger partial charge in [0.05, 0.1) is 6.61 Å². The van der Waals surface area contributed by atoms with Crippen LogP contribution in [-0.2, 0) is 14.3 Å². The summed E-state index contributed by atoms with van der Waals surface area (Å²) in [4.78, 5) is 46.3. The summed E-state index contributed by atoms with van der Waals surface area (Å²) in [5.74, 6) is -1.77. The molecule has 1 atom stereocenters. The summed E-state index contributed by atoms with van der Waals surface area (Å²) in [6, 6.07) is 4.43. The van der Waals surface area contributed by atoms with Crippen molar-refractivity contribution < 1.29 is 28.7 Å². The summed E-state index contributed by atoms with van der Waals surface area (Å²) < 4.78 is 10.1. The highest BCUT2D eigenvalue weighted by molar-refractivity contribution is 5.98. The molecule has 0 saturated carbocycles. The Morgan fingerprint density at radius 3 is 2.23 bits per heavy atom. The number of nitrogens with one attached hydrogen (secondary N) is 2. The molecule has 9 heteroatoms. The molecule has 9 nitrogen and oxygen atoms in total. The van der Waals surface area contributed by atoms with Crippen LogP contribution in [-0.4, -0.2) is 43.1 Å². The molecule has 1 rings (SSSR count). The van der Waals surface area contributed by atoms with Crippen LogP contribution in [0.2, 0.25) is 0 Å². The Kier molecular flexibility index (Phi) is 8.07. The molecule has 1 aromatic rings. The van der Waals surface area contributed by atoms with Gasteiger partial charge in [0.1, 0.15) is 11.8 Å². The van der Waals surface area contributed by atoms with Gasteiger partial charge in [-0.15, -0.1) is 0 Å². The van der Waals surface area contributed by atoms with Crippen LogP contribution in [0.1, 0.15) is 31.1 Å². The molecule has 26 heavy (non-hydrogen) atoms. The predicted molar refractivity (Wildman–Crippen MR) is 92.4 cm³/mol. The van der Waals surface area contributed by atoms with Crippen LogP contribution in [0, 0.1) is 5.92 Å². The molecule has 0 fully saturated rings. The van der Waals surface area contributed by atoms with Gasteiger partial charge in [0.25, 0.3) is 11.8 Å². The molecule has 1 aromatic carbocycles. The van der Waals surface area contributed by atoms with E-state index in [4.69, 9.17) is 15.2 Å².